The summed E-state index contributed by atoms with van der Waals surface area (Å²) in [7, 11) is 0. The van der Waals surface area contributed by atoms with Crippen LogP contribution in [0.1, 0.15) is 36.7 Å². The van der Waals surface area contributed by atoms with Gasteiger partial charge in [-0.25, -0.2) is 9.97 Å². The minimum Gasteiger partial charge on any atom is -0.480 e. The van der Waals surface area contributed by atoms with Crippen LogP contribution < -0.4 is 28.3 Å². The van der Waals surface area contributed by atoms with Crippen LogP contribution in [0.2, 0.25) is 5.15 Å². The zero-order valence-corrected chi connectivity index (χ0v) is 13.8. The number of aliphatic carboxylic acids is 1. The average molecular weight is 361 g/mol. The van der Waals surface area contributed by atoms with E-state index in [2.05, 4.69) is 9.97 Å². The Kier molecular flexibility index (Phi) is 9.05. The molecule has 1 atom stereocenters. The van der Waals surface area contributed by atoms with Crippen molar-refractivity contribution in [3.8, 4) is 0 Å². The number of unbranched alkanes of at least 4 members (excludes halogenated alkanes) is 1. The summed E-state index contributed by atoms with van der Waals surface area (Å²) in [5.74, 6) is -2.46. The highest BCUT2D eigenvalue weighted by Crippen LogP contribution is 2.16. The third-order valence-corrected chi connectivity index (χ3v) is 2.83. The second-order valence-corrected chi connectivity index (χ2v) is 4.95. The molecule has 1 aromatic rings. The van der Waals surface area contributed by atoms with Gasteiger partial charge < -0.3 is 28.0 Å². The van der Waals surface area contributed by atoms with Gasteiger partial charge in [-0.15, -0.1) is 0 Å². The summed E-state index contributed by atoms with van der Waals surface area (Å²) >= 11 is 5.55. The second-order valence-electron chi connectivity index (χ2n) is 4.59. The normalized spacial score (nSPS) is 11.0. The van der Waals surface area contributed by atoms with Crippen molar-refractivity contribution < 1.29 is 14.7 Å². The van der Waals surface area contributed by atoms with Gasteiger partial charge in [0.05, 0.1) is 0 Å². The first-order valence-electron chi connectivity index (χ1n) is 6.82. The van der Waals surface area contributed by atoms with Crippen LogP contribution in [-0.4, -0.2) is 39.0 Å². The Labute approximate surface area is 143 Å². The van der Waals surface area contributed by atoms with Gasteiger partial charge in [0.15, 0.2) is 28.4 Å². The number of carboxylic acids is 1. The minimum atomic E-state index is -0.900. The summed E-state index contributed by atoms with van der Waals surface area (Å²) in [5, 5.41) is 17.0. The lowest BCUT2D eigenvalue weighted by molar-refractivity contribution is -0.138. The van der Waals surface area contributed by atoms with Gasteiger partial charge in [0.25, 0.3) is 5.91 Å². The molecule has 0 radical (unpaired) electrons. The molecule has 12 heteroatoms. The molecule has 24 heavy (non-hydrogen) atoms. The first-order chi connectivity index (χ1) is 11.1. The van der Waals surface area contributed by atoms with E-state index in [0.29, 0.717) is 6.42 Å². The van der Waals surface area contributed by atoms with Gasteiger partial charge in [-0.05, 0) is 6.42 Å². The summed E-state index contributed by atoms with van der Waals surface area (Å²) in [5.41, 5.74) is 20.6. The Morgan fingerprint density at radius 1 is 1.33 bits per heavy atom. The van der Waals surface area contributed by atoms with Gasteiger partial charge in [0.2, 0.25) is 0 Å². The highest BCUT2D eigenvalue weighted by atomic mass is 35.5. The fourth-order valence-corrected chi connectivity index (χ4v) is 1.46. The number of carbonyl (C=O) groups is 2. The number of nitrogens with two attached hydrogens (primary N) is 4. The van der Waals surface area contributed by atoms with Crippen molar-refractivity contribution in [2.24, 2.45) is 11.5 Å². The number of nitrogens with zero attached hydrogens (tertiary/aromatic N) is 2. The molecule has 0 aliphatic rings. The zero-order valence-electron chi connectivity index (χ0n) is 13.0. The molecule has 11 N–H and O–H groups in total. The highest BCUT2D eigenvalue weighted by Gasteiger charge is 2.16. The van der Waals surface area contributed by atoms with Gasteiger partial charge >= 0.3 is 5.97 Å². The number of rotatable bonds is 5. The Bertz CT molecular complexity index is 610. The van der Waals surface area contributed by atoms with E-state index < -0.39 is 23.9 Å². The van der Waals surface area contributed by atoms with Crippen molar-refractivity contribution in [1.82, 2.24) is 15.3 Å². The third kappa shape index (κ3) is 7.56. The Hall–Kier alpha value is -2.66. The lowest BCUT2D eigenvalue weighted by Gasteiger charge is -2.05. The molecule has 1 heterocycles. The lowest BCUT2D eigenvalue weighted by Crippen LogP contribution is -2.36. The van der Waals surface area contributed by atoms with Crippen LogP contribution in [0.4, 0.5) is 11.6 Å². The molecule has 0 saturated heterocycles. The number of amides is 1. The summed E-state index contributed by atoms with van der Waals surface area (Å²) in [6.45, 7) is 2.01. The molecule has 0 bridgehead atoms. The fourth-order valence-electron chi connectivity index (χ4n) is 1.34. The van der Waals surface area contributed by atoms with Crippen LogP contribution in [0.3, 0.4) is 0 Å². The second kappa shape index (κ2) is 10.2. The van der Waals surface area contributed by atoms with Gasteiger partial charge in [0, 0.05) is 0 Å². The standard InChI is InChI=1S/C6H8ClN7O.C6H13NO2/c7-2-4(9)13-3(8)1(12-2)5(15)14-6(10)11;1-2-3-4-5(7)6(8)9/h(H4,8,9,13)(H4,10,11,14,15);5H,2-4,7H2,1H3,(H,8,9). The van der Waals surface area contributed by atoms with E-state index in [1.54, 1.807) is 0 Å². The first kappa shape index (κ1) is 21.3. The number of carboxylic acid groups (broad SMARTS) is 1. The van der Waals surface area contributed by atoms with Crippen molar-refractivity contribution in [3.63, 3.8) is 0 Å². The van der Waals surface area contributed by atoms with E-state index in [1.165, 1.54) is 0 Å². The summed E-state index contributed by atoms with van der Waals surface area (Å²) in [6.07, 6.45) is 2.49. The molecule has 0 fully saturated rings. The lowest BCUT2D eigenvalue weighted by atomic mass is 10.1. The van der Waals surface area contributed by atoms with Crippen LogP contribution in [0, 0.1) is 5.41 Å². The SMILES string of the molecule is CCCCC(N)C(=O)O.N=C(N)NC(=O)c1nc(Cl)c(N)nc1N. The van der Waals surface area contributed by atoms with E-state index in [4.69, 9.17) is 45.1 Å². The summed E-state index contributed by atoms with van der Waals surface area (Å²) < 4.78 is 0. The molecular weight excluding hydrogens is 340 g/mol. The van der Waals surface area contributed by atoms with E-state index in [1.807, 2.05) is 12.2 Å². The molecule has 1 aromatic heterocycles. The maximum absolute atomic E-state index is 11.3. The van der Waals surface area contributed by atoms with E-state index in [9.17, 15) is 9.59 Å². The summed E-state index contributed by atoms with van der Waals surface area (Å²) in [6, 6.07) is -0.662. The van der Waals surface area contributed by atoms with Crippen molar-refractivity contribution in [2.45, 2.75) is 32.2 Å². The number of nitrogens with one attached hydrogen (secondary N) is 2. The van der Waals surface area contributed by atoms with E-state index in [0.717, 1.165) is 12.8 Å². The zero-order chi connectivity index (χ0) is 18.9. The topological polar surface area (TPSA) is 220 Å². The average Bonchev–Trinajstić information content (AvgIpc) is 2.48. The molecular formula is C12H21ClN8O3. The quantitative estimate of drug-likeness (QED) is 0.265. The number of nitrogen functional groups attached to an aromatic ring is 2. The Morgan fingerprint density at radius 3 is 2.38 bits per heavy atom. The van der Waals surface area contributed by atoms with Crippen LogP contribution in [0.15, 0.2) is 0 Å². The predicted molar refractivity (Wildman–Crippen MR) is 90.4 cm³/mol. The maximum atomic E-state index is 11.3. The summed E-state index contributed by atoms with van der Waals surface area (Å²) in [4.78, 5) is 28.6. The molecule has 11 nitrogen and oxygen atoms in total. The predicted octanol–water partition coefficient (Wildman–Crippen LogP) is -0.494. The number of aromatic nitrogens is 2. The number of carbonyl (C=O) groups excluding carboxylic acids is 1. The van der Waals surface area contributed by atoms with Gasteiger partial charge in [-0.3, -0.25) is 20.3 Å². The third-order valence-electron chi connectivity index (χ3n) is 2.55. The van der Waals surface area contributed by atoms with Crippen LogP contribution in [-0.2, 0) is 4.79 Å². The molecule has 0 aliphatic carbocycles. The molecule has 1 unspecified atom stereocenters. The van der Waals surface area contributed by atoms with Crippen molar-refractivity contribution in [2.75, 3.05) is 11.5 Å². The van der Waals surface area contributed by atoms with Crippen LogP contribution in [0.5, 0.6) is 0 Å². The van der Waals surface area contributed by atoms with Crippen molar-refractivity contribution >= 4 is 41.1 Å². The number of guanidine groups is 1. The molecule has 0 aliphatic heterocycles. The fraction of sp³-hybridized carbons (Fsp3) is 0.417. The van der Waals surface area contributed by atoms with Crippen LogP contribution >= 0.6 is 11.6 Å². The largest absolute Gasteiger partial charge is 0.480 e. The van der Waals surface area contributed by atoms with Gasteiger partial charge in [-0.2, -0.15) is 0 Å². The minimum absolute atomic E-state index is 0.0754. The van der Waals surface area contributed by atoms with Crippen LogP contribution in [0.25, 0.3) is 0 Å². The smallest absolute Gasteiger partial charge is 0.320 e. The molecule has 0 saturated carbocycles. The molecule has 1 rings (SSSR count). The van der Waals surface area contributed by atoms with E-state index >= 15 is 0 Å². The first-order valence-corrected chi connectivity index (χ1v) is 7.20. The van der Waals surface area contributed by atoms with Crippen molar-refractivity contribution in [3.05, 3.63) is 10.8 Å². The van der Waals surface area contributed by atoms with Gasteiger partial charge in [-0.1, -0.05) is 31.4 Å². The number of halogens is 1. The number of hydrogen-bond donors (Lipinski definition) is 7. The highest BCUT2D eigenvalue weighted by molar-refractivity contribution is 6.31. The van der Waals surface area contributed by atoms with Crippen molar-refractivity contribution in [1.29, 1.82) is 5.41 Å². The number of hydrogen-bond acceptors (Lipinski definition) is 8. The molecule has 0 aromatic carbocycles. The Balaban J connectivity index is 0.000000506. The molecule has 0 spiro atoms. The monoisotopic (exact) mass is 360 g/mol. The Morgan fingerprint density at radius 2 is 1.92 bits per heavy atom. The van der Waals surface area contributed by atoms with E-state index in [-0.39, 0.29) is 22.5 Å². The number of anilines is 2. The molecule has 1 amide bonds. The molecule has 134 valence electrons. The maximum Gasteiger partial charge on any atom is 0.320 e. The van der Waals surface area contributed by atoms with Gasteiger partial charge in [0.1, 0.15) is 6.04 Å².